The van der Waals surface area contributed by atoms with Gasteiger partial charge in [-0.05, 0) is 48.6 Å². The van der Waals surface area contributed by atoms with Crippen LogP contribution < -0.4 is 10.1 Å². The van der Waals surface area contributed by atoms with Gasteiger partial charge in [0.2, 0.25) is 0 Å². The van der Waals surface area contributed by atoms with Crippen molar-refractivity contribution in [2.75, 3.05) is 25.0 Å². The number of Topliss-reactive ketones (excluding diaryl/α,β-unsaturated/α-hetero) is 1. The normalized spacial score (nSPS) is 15.6. The number of nitrogens with zero attached hydrogens (tertiary/aromatic N) is 2. The Bertz CT molecular complexity index is 1060. The Morgan fingerprint density at radius 2 is 2.00 bits per heavy atom. The molecule has 0 radical (unpaired) electrons. The topological polar surface area (TPSA) is 54.5 Å². The molecule has 0 aliphatic carbocycles. The SMILES string of the molecule is CC.CC(C)CC(=O)CCCOc1cccc(CN2CC[C@H](Nc3cccc4cnccc34)C2)c1. The van der Waals surface area contributed by atoms with Crippen molar-refractivity contribution in [2.24, 2.45) is 5.92 Å². The molecule has 0 unspecified atom stereocenters. The average molecular weight is 476 g/mol. The summed E-state index contributed by atoms with van der Waals surface area (Å²) < 4.78 is 5.92. The monoisotopic (exact) mass is 475 g/mol. The van der Waals surface area contributed by atoms with Crippen molar-refractivity contribution in [1.82, 2.24) is 9.88 Å². The van der Waals surface area contributed by atoms with Crippen molar-refractivity contribution in [3.8, 4) is 5.75 Å². The van der Waals surface area contributed by atoms with Crippen molar-refractivity contribution in [2.45, 2.75) is 66.0 Å². The van der Waals surface area contributed by atoms with Crippen LogP contribution in [0.4, 0.5) is 5.69 Å². The average Bonchev–Trinajstić information content (AvgIpc) is 3.30. The van der Waals surface area contributed by atoms with Crippen molar-refractivity contribution in [1.29, 1.82) is 0 Å². The van der Waals surface area contributed by atoms with E-state index in [1.807, 2.05) is 32.3 Å². The first-order valence-electron chi connectivity index (χ1n) is 13.1. The molecule has 0 spiro atoms. The van der Waals surface area contributed by atoms with Crippen LogP contribution in [-0.4, -0.2) is 41.4 Å². The number of nitrogens with one attached hydrogen (secondary N) is 1. The van der Waals surface area contributed by atoms with Crippen LogP contribution >= 0.6 is 0 Å². The van der Waals surface area contributed by atoms with Crippen LogP contribution in [0, 0.1) is 5.92 Å². The minimum atomic E-state index is 0.333. The summed E-state index contributed by atoms with van der Waals surface area (Å²) in [6.07, 6.45) is 6.95. The van der Waals surface area contributed by atoms with E-state index < -0.39 is 0 Å². The molecular formula is C30H41N3O2. The summed E-state index contributed by atoms with van der Waals surface area (Å²) in [5.74, 6) is 1.65. The third-order valence-corrected chi connectivity index (χ3v) is 6.12. The maximum Gasteiger partial charge on any atom is 0.133 e. The second-order valence-electron chi connectivity index (χ2n) is 9.50. The number of aromatic nitrogens is 1. The Kier molecular flexibility index (Phi) is 10.5. The van der Waals surface area contributed by atoms with E-state index in [4.69, 9.17) is 4.74 Å². The lowest BCUT2D eigenvalue weighted by Crippen LogP contribution is -2.26. The van der Waals surface area contributed by atoms with Crippen molar-refractivity contribution in [3.05, 3.63) is 66.5 Å². The van der Waals surface area contributed by atoms with Crippen LogP contribution in [0.25, 0.3) is 10.8 Å². The van der Waals surface area contributed by atoms with Crippen LogP contribution in [0.3, 0.4) is 0 Å². The number of rotatable bonds is 11. The number of anilines is 1. The Hall–Kier alpha value is -2.92. The lowest BCUT2D eigenvalue weighted by atomic mass is 10.0. The highest BCUT2D eigenvalue weighted by molar-refractivity contribution is 5.93. The van der Waals surface area contributed by atoms with Gasteiger partial charge in [-0.15, -0.1) is 0 Å². The number of ketones is 1. The van der Waals surface area contributed by atoms with Crippen LogP contribution in [-0.2, 0) is 11.3 Å². The van der Waals surface area contributed by atoms with Crippen LogP contribution in [0.5, 0.6) is 5.75 Å². The number of hydrogen-bond donors (Lipinski definition) is 1. The molecule has 1 aromatic heterocycles. The van der Waals surface area contributed by atoms with E-state index in [1.165, 1.54) is 22.0 Å². The van der Waals surface area contributed by atoms with Crippen molar-refractivity contribution >= 4 is 22.2 Å². The van der Waals surface area contributed by atoms with Crippen molar-refractivity contribution < 1.29 is 9.53 Å². The molecule has 188 valence electrons. The van der Waals surface area contributed by atoms with Crippen molar-refractivity contribution in [3.63, 3.8) is 0 Å². The lowest BCUT2D eigenvalue weighted by Gasteiger charge is -2.19. The lowest BCUT2D eigenvalue weighted by molar-refractivity contribution is -0.119. The maximum absolute atomic E-state index is 11.8. The number of hydrogen-bond acceptors (Lipinski definition) is 5. The predicted octanol–water partition coefficient (Wildman–Crippen LogP) is 6.72. The highest BCUT2D eigenvalue weighted by Gasteiger charge is 2.23. The molecule has 1 fully saturated rings. The van der Waals surface area contributed by atoms with Gasteiger partial charge in [0.1, 0.15) is 11.5 Å². The third kappa shape index (κ3) is 8.36. The summed E-state index contributed by atoms with van der Waals surface area (Å²) in [4.78, 5) is 18.6. The van der Waals surface area contributed by atoms with Gasteiger partial charge in [0.25, 0.3) is 0 Å². The quantitative estimate of drug-likeness (QED) is 0.312. The zero-order chi connectivity index (χ0) is 25.0. The Morgan fingerprint density at radius 1 is 1.17 bits per heavy atom. The summed E-state index contributed by atoms with van der Waals surface area (Å²) in [6, 6.07) is 17.2. The van der Waals surface area contributed by atoms with Gasteiger partial charge >= 0.3 is 0 Å². The van der Waals surface area contributed by atoms with Gasteiger partial charge in [-0.3, -0.25) is 14.7 Å². The molecule has 2 aromatic carbocycles. The summed E-state index contributed by atoms with van der Waals surface area (Å²) in [7, 11) is 0. The Balaban J connectivity index is 0.00000167. The van der Waals surface area contributed by atoms with E-state index in [1.54, 1.807) is 0 Å². The molecule has 0 saturated carbocycles. The molecule has 35 heavy (non-hydrogen) atoms. The smallest absolute Gasteiger partial charge is 0.133 e. The fourth-order valence-electron chi connectivity index (χ4n) is 4.57. The first-order valence-corrected chi connectivity index (χ1v) is 13.1. The highest BCUT2D eigenvalue weighted by Crippen LogP contribution is 2.25. The molecule has 0 bridgehead atoms. The van der Waals surface area contributed by atoms with E-state index in [9.17, 15) is 4.79 Å². The van der Waals surface area contributed by atoms with E-state index in [-0.39, 0.29) is 0 Å². The predicted molar refractivity (Wildman–Crippen MR) is 146 cm³/mol. The summed E-state index contributed by atoms with van der Waals surface area (Å²) in [5.41, 5.74) is 2.45. The van der Waals surface area contributed by atoms with E-state index in [0.29, 0.717) is 37.2 Å². The third-order valence-electron chi connectivity index (χ3n) is 6.12. The van der Waals surface area contributed by atoms with Gasteiger partial charge in [-0.25, -0.2) is 0 Å². The number of ether oxygens (including phenoxy) is 1. The Labute approximate surface area is 210 Å². The molecule has 2 heterocycles. The second kappa shape index (κ2) is 13.8. The molecule has 1 aliphatic rings. The van der Waals surface area contributed by atoms with Gasteiger partial charge in [0.15, 0.2) is 0 Å². The standard InChI is InChI=1S/C28H35N3O2.C2H6/c1-21(2)16-25(32)8-5-15-33-26-9-3-6-22(17-26)19-31-14-12-24(20-31)30-28-10-4-7-23-18-29-13-11-27(23)28;1-2/h3-4,6-7,9-11,13,17-18,21,24,30H,5,8,12,14-16,19-20H2,1-2H3;1-2H3/t24-;/m0./s1. The number of pyridine rings is 1. The number of carbonyl (C=O) groups is 1. The largest absolute Gasteiger partial charge is 0.494 e. The minimum Gasteiger partial charge on any atom is -0.494 e. The summed E-state index contributed by atoms with van der Waals surface area (Å²) in [5, 5.41) is 6.13. The molecule has 3 aromatic rings. The minimum absolute atomic E-state index is 0.333. The molecule has 5 nitrogen and oxygen atoms in total. The molecule has 1 aliphatic heterocycles. The van der Waals surface area contributed by atoms with E-state index in [2.05, 4.69) is 71.5 Å². The number of carbonyl (C=O) groups excluding carboxylic acids is 1. The fraction of sp³-hybridized carbons (Fsp3) is 0.467. The van der Waals surface area contributed by atoms with E-state index in [0.717, 1.165) is 38.2 Å². The molecule has 0 amide bonds. The molecule has 1 N–H and O–H groups in total. The zero-order valence-electron chi connectivity index (χ0n) is 21.8. The van der Waals surface area contributed by atoms with Crippen LogP contribution in [0.1, 0.15) is 58.9 Å². The van der Waals surface area contributed by atoms with Gasteiger partial charge in [0, 0.05) is 67.4 Å². The number of fused-ring (bicyclic) bond motifs is 1. The van der Waals surface area contributed by atoms with Gasteiger partial charge in [-0.2, -0.15) is 0 Å². The van der Waals surface area contributed by atoms with E-state index >= 15 is 0 Å². The first-order chi connectivity index (χ1) is 17.1. The van der Waals surface area contributed by atoms with Crippen LogP contribution in [0.15, 0.2) is 60.9 Å². The van der Waals surface area contributed by atoms with Gasteiger partial charge < -0.3 is 10.1 Å². The van der Waals surface area contributed by atoms with Gasteiger partial charge in [-0.1, -0.05) is 52.0 Å². The molecule has 4 rings (SSSR count). The molecule has 5 heteroatoms. The Morgan fingerprint density at radius 3 is 2.83 bits per heavy atom. The van der Waals surface area contributed by atoms with Gasteiger partial charge in [0.05, 0.1) is 6.61 Å². The summed E-state index contributed by atoms with van der Waals surface area (Å²) in [6.45, 7) is 11.8. The second-order valence-corrected chi connectivity index (χ2v) is 9.50. The summed E-state index contributed by atoms with van der Waals surface area (Å²) >= 11 is 0. The number of benzene rings is 2. The fourth-order valence-corrected chi connectivity index (χ4v) is 4.57. The van der Waals surface area contributed by atoms with Crippen LogP contribution in [0.2, 0.25) is 0 Å². The zero-order valence-corrected chi connectivity index (χ0v) is 21.8. The number of likely N-dealkylation sites (tertiary alicyclic amines) is 1. The maximum atomic E-state index is 11.8. The highest BCUT2D eigenvalue weighted by atomic mass is 16.5. The molecule has 1 atom stereocenters. The molecule has 1 saturated heterocycles. The first kappa shape index (κ1) is 26.7. The molecular weight excluding hydrogens is 434 g/mol.